The molecule has 0 aliphatic rings. The number of amides is 1. The van der Waals surface area contributed by atoms with Crippen LogP contribution < -0.4 is 5.32 Å². The Labute approximate surface area is 123 Å². The molecule has 0 aromatic carbocycles. The molecule has 0 bridgehead atoms. The quantitative estimate of drug-likeness (QED) is 0.609. The van der Waals surface area contributed by atoms with Gasteiger partial charge in [0.05, 0.1) is 5.92 Å². The van der Waals surface area contributed by atoms with Gasteiger partial charge in [0, 0.05) is 12.0 Å². The maximum Gasteiger partial charge on any atom is 0.306 e. The molecule has 2 N–H and O–H groups in total. The first kappa shape index (κ1) is 18.9. The lowest BCUT2D eigenvalue weighted by Gasteiger charge is -2.20. The molecule has 0 radical (unpaired) electrons. The molecular weight excluding hydrogens is 254 g/mol. The second-order valence-electron chi connectivity index (χ2n) is 5.85. The largest absolute Gasteiger partial charge is 0.481 e. The smallest absolute Gasteiger partial charge is 0.306 e. The van der Waals surface area contributed by atoms with Crippen LogP contribution in [0.3, 0.4) is 0 Å². The van der Waals surface area contributed by atoms with Crippen LogP contribution in [0.25, 0.3) is 0 Å². The van der Waals surface area contributed by atoms with Gasteiger partial charge < -0.3 is 10.4 Å². The lowest BCUT2D eigenvalue weighted by Crippen LogP contribution is -2.37. The summed E-state index contributed by atoms with van der Waals surface area (Å²) in [5, 5.41) is 11.9. The third-order valence-electron chi connectivity index (χ3n) is 3.73. The fraction of sp³-hybridized carbons (Fsp3) is 0.875. The van der Waals surface area contributed by atoms with Gasteiger partial charge in [0.15, 0.2) is 0 Å². The molecule has 118 valence electrons. The summed E-state index contributed by atoms with van der Waals surface area (Å²) in [6.45, 7) is 7.93. The summed E-state index contributed by atoms with van der Waals surface area (Å²) >= 11 is 0. The normalized spacial score (nSPS) is 14.1. The van der Waals surface area contributed by atoms with E-state index in [9.17, 15) is 9.59 Å². The Balaban J connectivity index is 4.01. The van der Waals surface area contributed by atoms with Gasteiger partial charge in [0.25, 0.3) is 0 Å². The Bertz CT molecular complexity index is 285. The molecule has 0 aliphatic carbocycles. The summed E-state index contributed by atoms with van der Waals surface area (Å²) in [7, 11) is 0. The van der Waals surface area contributed by atoms with E-state index in [1.165, 1.54) is 0 Å². The third-order valence-corrected chi connectivity index (χ3v) is 3.73. The number of nitrogens with one attached hydrogen (secondary N) is 1. The van der Waals surface area contributed by atoms with Crippen molar-refractivity contribution < 1.29 is 14.7 Å². The minimum Gasteiger partial charge on any atom is -0.481 e. The molecule has 1 amide bonds. The first-order valence-corrected chi connectivity index (χ1v) is 7.95. The predicted octanol–water partition coefficient (Wildman–Crippen LogP) is 3.60. The molecule has 0 rings (SSSR count). The minimum atomic E-state index is -0.743. The van der Waals surface area contributed by atoms with E-state index in [0.717, 1.165) is 38.5 Å². The lowest BCUT2D eigenvalue weighted by atomic mass is 9.96. The van der Waals surface area contributed by atoms with E-state index >= 15 is 0 Å². The summed E-state index contributed by atoms with van der Waals surface area (Å²) in [6, 6.07) is 0.125. The number of aliphatic carboxylic acids is 1. The van der Waals surface area contributed by atoms with Crippen LogP contribution in [-0.2, 0) is 9.59 Å². The molecule has 0 aromatic heterocycles. The van der Waals surface area contributed by atoms with Gasteiger partial charge in [-0.25, -0.2) is 0 Å². The first-order valence-electron chi connectivity index (χ1n) is 7.95. The van der Waals surface area contributed by atoms with Crippen LogP contribution in [0, 0.1) is 11.8 Å². The van der Waals surface area contributed by atoms with Crippen molar-refractivity contribution in [2.24, 2.45) is 11.8 Å². The van der Waals surface area contributed by atoms with Crippen LogP contribution in [0.4, 0.5) is 0 Å². The average Bonchev–Trinajstić information content (AvgIpc) is 2.38. The zero-order valence-corrected chi connectivity index (χ0v) is 13.4. The molecule has 0 spiro atoms. The van der Waals surface area contributed by atoms with Gasteiger partial charge in [-0.1, -0.05) is 40.0 Å². The lowest BCUT2D eigenvalue weighted by molar-refractivity contribution is -0.141. The van der Waals surface area contributed by atoms with Crippen LogP contribution >= 0.6 is 0 Å². The van der Waals surface area contributed by atoms with Crippen molar-refractivity contribution in [3.8, 4) is 0 Å². The van der Waals surface area contributed by atoms with Crippen LogP contribution in [-0.4, -0.2) is 23.0 Å². The zero-order chi connectivity index (χ0) is 15.5. The highest BCUT2D eigenvalue weighted by Crippen LogP contribution is 2.15. The molecule has 0 fully saturated rings. The molecule has 0 aliphatic heterocycles. The van der Waals surface area contributed by atoms with Crippen LogP contribution in [0.15, 0.2) is 0 Å². The van der Waals surface area contributed by atoms with E-state index in [1.807, 2.05) is 6.92 Å². The Morgan fingerprint density at radius 1 is 1.00 bits per heavy atom. The fourth-order valence-electron chi connectivity index (χ4n) is 2.39. The topological polar surface area (TPSA) is 66.4 Å². The molecule has 0 saturated carbocycles. The van der Waals surface area contributed by atoms with E-state index in [2.05, 4.69) is 19.2 Å². The Morgan fingerprint density at radius 2 is 1.55 bits per heavy atom. The van der Waals surface area contributed by atoms with Gasteiger partial charge in [-0.3, -0.25) is 9.59 Å². The summed E-state index contributed by atoms with van der Waals surface area (Å²) in [5.41, 5.74) is 0. The van der Waals surface area contributed by atoms with Gasteiger partial charge in [0.2, 0.25) is 5.91 Å². The monoisotopic (exact) mass is 285 g/mol. The maximum atomic E-state index is 12.1. The van der Waals surface area contributed by atoms with E-state index in [-0.39, 0.29) is 23.8 Å². The predicted molar refractivity (Wildman–Crippen MR) is 81.6 cm³/mol. The number of carbonyl (C=O) groups is 2. The van der Waals surface area contributed by atoms with Crippen LogP contribution in [0.5, 0.6) is 0 Å². The van der Waals surface area contributed by atoms with Crippen molar-refractivity contribution in [1.29, 1.82) is 0 Å². The summed E-state index contributed by atoms with van der Waals surface area (Å²) < 4.78 is 0. The number of hydrogen-bond donors (Lipinski definition) is 2. The minimum absolute atomic E-state index is 0.125. The average molecular weight is 285 g/mol. The molecular formula is C16H31NO3. The van der Waals surface area contributed by atoms with Crippen molar-refractivity contribution in [3.63, 3.8) is 0 Å². The highest BCUT2D eigenvalue weighted by Gasteiger charge is 2.18. The highest BCUT2D eigenvalue weighted by molar-refractivity contribution is 5.78. The van der Waals surface area contributed by atoms with Crippen molar-refractivity contribution in [2.75, 3.05) is 0 Å². The molecule has 0 saturated heterocycles. The van der Waals surface area contributed by atoms with Gasteiger partial charge >= 0.3 is 5.97 Å². The summed E-state index contributed by atoms with van der Waals surface area (Å²) in [5.74, 6) is -0.753. The van der Waals surface area contributed by atoms with Gasteiger partial charge in [0.1, 0.15) is 0 Å². The van der Waals surface area contributed by atoms with Crippen LogP contribution in [0.2, 0.25) is 0 Å². The number of carboxylic acids is 1. The number of carboxylic acid groups (broad SMARTS) is 1. The number of hydrogen-bond acceptors (Lipinski definition) is 2. The van der Waals surface area contributed by atoms with Gasteiger partial charge in [-0.15, -0.1) is 0 Å². The van der Waals surface area contributed by atoms with Gasteiger partial charge in [-0.05, 0) is 32.6 Å². The summed E-state index contributed by atoms with van der Waals surface area (Å²) in [6.07, 6.45) is 6.30. The van der Waals surface area contributed by atoms with Crippen molar-refractivity contribution in [2.45, 2.75) is 78.7 Å². The molecule has 20 heavy (non-hydrogen) atoms. The van der Waals surface area contributed by atoms with Gasteiger partial charge in [-0.2, -0.15) is 0 Å². The third kappa shape index (κ3) is 8.18. The molecule has 2 atom stereocenters. The second kappa shape index (κ2) is 10.7. The first-order chi connectivity index (χ1) is 9.42. The maximum absolute atomic E-state index is 12.1. The van der Waals surface area contributed by atoms with E-state index in [0.29, 0.717) is 6.42 Å². The molecule has 0 heterocycles. The van der Waals surface area contributed by atoms with Crippen molar-refractivity contribution >= 4 is 11.9 Å². The molecule has 0 aromatic rings. The molecule has 4 heteroatoms. The summed E-state index contributed by atoms with van der Waals surface area (Å²) in [4.78, 5) is 22.8. The number of carbonyl (C=O) groups excluding carboxylic acids is 1. The fourth-order valence-corrected chi connectivity index (χ4v) is 2.39. The Kier molecular flexibility index (Phi) is 10.1. The Hall–Kier alpha value is -1.06. The molecule has 4 nitrogen and oxygen atoms in total. The Morgan fingerprint density at radius 3 is 2.00 bits per heavy atom. The zero-order valence-electron chi connectivity index (χ0n) is 13.4. The SMILES string of the molecule is CCCC(CCC)C(=O)NC(C)CCCC(C)C(=O)O. The van der Waals surface area contributed by atoms with E-state index < -0.39 is 5.97 Å². The molecule has 2 unspecified atom stereocenters. The second-order valence-corrected chi connectivity index (χ2v) is 5.85. The van der Waals surface area contributed by atoms with Crippen LogP contribution in [0.1, 0.15) is 72.6 Å². The standard InChI is InChI=1S/C16H31NO3/c1-5-8-14(9-6-2)15(18)17-13(4)11-7-10-12(3)16(19)20/h12-14H,5-11H2,1-4H3,(H,17,18)(H,19,20). The van der Waals surface area contributed by atoms with E-state index in [4.69, 9.17) is 5.11 Å². The number of rotatable bonds is 11. The van der Waals surface area contributed by atoms with Crippen molar-refractivity contribution in [1.82, 2.24) is 5.32 Å². The highest BCUT2D eigenvalue weighted by atomic mass is 16.4. The van der Waals surface area contributed by atoms with E-state index in [1.54, 1.807) is 6.92 Å². The van der Waals surface area contributed by atoms with Crippen molar-refractivity contribution in [3.05, 3.63) is 0 Å².